The zero-order chi connectivity index (χ0) is 8.81. The van der Waals surface area contributed by atoms with Crippen LogP contribution in [0.3, 0.4) is 0 Å². The Kier molecular flexibility index (Phi) is 4.48. The van der Waals surface area contributed by atoms with Crippen LogP contribution in [0.25, 0.3) is 6.08 Å². The van der Waals surface area contributed by atoms with Gasteiger partial charge >= 0.3 is 0 Å². The van der Waals surface area contributed by atoms with Crippen LogP contribution in [0.15, 0.2) is 35.2 Å². The first-order chi connectivity index (χ1) is 5.83. The Balaban J connectivity index is 2.58. The average molecular weight is 243 g/mol. The number of benzene rings is 1. The maximum absolute atomic E-state index is 4.21. The Labute approximate surface area is 87.2 Å². The Morgan fingerprint density at radius 2 is 1.92 bits per heavy atom. The summed E-state index contributed by atoms with van der Waals surface area (Å²) in [6.45, 7) is 0. The first-order valence-corrected chi connectivity index (χ1v) is 5.41. The minimum absolute atomic E-state index is 1.01. The lowest BCUT2D eigenvalue weighted by atomic mass is 10.2. The summed E-state index contributed by atoms with van der Waals surface area (Å²) >= 11 is 7.58. The Hall–Kier alpha value is -0.210. The van der Waals surface area contributed by atoms with Crippen molar-refractivity contribution in [1.82, 2.24) is 0 Å². The maximum atomic E-state index is 4.21. The van der Waals surface area contributed by atoms with E-state index in [1.807, 2.05) is 12.1 Å². The fraction of sp³-hybridized carbons (Fsp3) is 0.200. The van der Waals surface area contributed by atoms with Crippen LogP contribution in [0, 0.1) is 0 Å². The van der Waals surface area contributed by atoms with E-state index in [9.17, 15) is 0 Å². The van der Waals surface area contributed by atoms with Crippen LogP contribution in [0.1, 0.15) is 12.0 Å². The van der Waals surface area contributed by atoms with E-state index in [0.29, 0.717) is 0 Å². The molecule has 12 heavy (non-hydrogen) atoms. The smallest absolute Gasteiger partial charge is 0.00660 e. The molecule has 1 aromatic rings. The molecule has 0 radical (unpaired) electrons. The molecule has 0 amide bonds. The molecule has 0 nitrogen and oxygen atoms in total. The molecule has 64 valence electrons. The standard InChI is InChI=1S/C10H11BrS/c11-8-2-1-3-9-4-6-10(12)7-5-9/h1,3-7,12H,2,8H2. The number of hydrogen-bond acceptors (Lipinski definition) is 1. The molecule has 0 bridgehead atoms. The van der Waals surface area contributed by atoms with Gasteiger partial charge in [-0.15, -0.1) is 12.6 Å². The van der Waals surface area contributed by atoms with Crippen LogP contribution in [0.5, 0.6) is 0 Å². The summed E-state index contributed by atoms with van der Waals surface area (Å²) in [5.41, 5.74) is 1.23. The van der Waals surface area contributed by atoms with Crippen LogP contribution < -0.4 is 0 Å². The van der Waals surface area contributed by atoms with E-state index in [2.05, 4.69) is 52.8 Å². The number of hydrogen-bond donors (Lipinski definition) is 1. The van der Waals surface area contributed by atoms with Crippen molar-refractivity contribution in [3.63, 3.8) is 0 Å². The molecule has 0 atom stereocenters. The fourth-order valence-corrected chi connectivity index (χ4v) is 1.28. The second kappa shape index (κ2) is 5.44. The molecule has 1 rings (SSSR count). The second-order valence-electron chi connectivity index (χ2n) is 2.47. The normalized spacial score (nSPS) is 10.8. The van der Waals surface area contributed by atoms with Crippen molar-refractivity contribution in [2.45, 2.75) is 11.3 Å². The number of thiol groups is 1. The molecular formula is C10H11BrS. The van der Waals surface area contributed by atoms with Gasteiger partial charge in [-0.25, -0.2) is 0 Å². The van der Waals surface area contributed by atoms with Crippen LogP contribution >= 0.6 is 28.6 Å². The van der Waals surface area contributed by atoms with Crippen molar-refractivity contribution in [1.29, 1.82) is 0 Å². The molecule has 0 aliphatic carbocycles. The van der Waals surface area contributed by atoms with Gasteiger partial charge in [0.05, 0.1) is 0 Å². The minimum atomic E-state index is 1.01. The van der Waals surface area contributed by atoms with Crippen molar-refractivity contribution in [3.8, 4) is 0 Å². The van der Waals surface area contributed by atoms with E-state index in [1.54, 1.807) is 0 Å². The Morgan fingerprint density at radius 1 is 1.25 bits per heavy atom. The van der Waals surface area contributed by atoms with Gasteiger partial charge in [0, 0.05) is 10.2 Å². The Morgan fingerprint density at radius 3 is 2.50 bits per heavy atom. The summed E-state index contributed by atoms with van der Waals surface area (Å²) in [5, 5.41) is 1.02. The summed E-state index contributed by atoms with van der Waals surface area (Å²) in [5.74, 6) is 0. The van der Waals surface area contributed by atoms with Gasteiger partial charge in [-0.05, 0) is 24.1 Å². The van der Waals surface area contributed by atoms with Gasteiger partial charge in [-0.3, -0.25) is 0 Å². The molecule has 1 aromatic carbocycles. The van der Waals surface area contributed by atoms with Crippen molar-refractivity contribution >= 4 is 34.6 Å². The van der Waals surface area contributed by atoms with Crippen LogP contribution in [0.2, 0.25) is 0 Å². The molecule has 0 aromatic heterocycles. The zero-order valence-corrected chi connectivity index (χ0v) is 9.18. The van der Waals surface area contributed by atoms with Gasteiger partial charge in [0.2, 0.25) is 0 Å². The van der Waals surface area contributed by atoms with Gasteiger partial charge in [0.25, 0.3) is 0 Å². The van der Waals surface area contributed by atoms with Crippen molar-refractivity contribution in [3.05, 3.63) is 35.9 Å². The van der Waals surface area contributed by atoms with Gasteiger partial charge in [-0.2, -0.15) is 0 Å². The topological polar surface area (TPSA) is 0 Å². The molecule has 0 spiro atoms. The predicted octanol–water partition coefficient (Wildman–Crippen LogP) is 3.77. The van der Waals surface area contributed by atoms with E-state index >= 15 is 0 Å². The maximum Gasteiger partial charge on any atom is 0.00660 e. The van der Waals surface area contributed by atoms with Gasteiger partial charge in [0.1, 0.15) is 0 Å². The molecule has 0 fully saturated rings. The molecular weight excluding hydrogens is 232 g/mol. The van der Waals surface area contributed by atoms with Gasteiger partial charge in [0.15, 0.2) is 0 Å². The van der Waals surface area contributed by atoms with E-state index in [0.717, 1.165) is 16.6 Å². The highest BCUT2D eigenvalue weighted by molar-refractivity contribution is 9.09. The zero-order valence-electron chi connectivity index (χ0n) is 6.70. The summed E-state index contributed by atoms with van der Waals surface area (Å²) in [7, 11) is 0. The van der Waals surface area contributed by atoms with Crippen molar-refractivity contribution in [2.24, 2.45) is 0 Å². The third-order valence-corrected chi connectivity index (χ3v) is 2.24. The summed E-state index contributed by atoms with van der Waals surface area (Å²) in [4.78, 5) is 1.01. The SMILES string of the molecule is Sc1ccc(C=CCCBr)cc1. The Bertz CT molecular complexity index is 251. The molecule has 0 saturated carbocycles. The molecule has 0 aliphatic rings. The summed E-state index contributed by atoms with van der Waals surface area (Å²) in [6.07, 6.45) is 5.35. The second-order valence-corrected chi connectivity index (χ2v) is 3.78. The molecule has 0 saturated heterocycles. The lowest BCUT2D eigenvalue weighted by Crippen LogP contribution is -1.71. The van der Waals surface area contributed by atoms with Crippen molar-refractivity contribution in [2.75, 3.05) is 5.33 Å². The molecule has 0 N–H and O–H groups in total. The highest BCUT2D eigenvalue weighted by atomic mass is 79.9. The molecule has 0 aliphatic heterocycles. The van der Waals surface area contributed by atoms with E-state index in [4.69, 9.17) is 0 Å². The van der Waals surface area contributed by atoms with Crippen molar-refractivity contribution < 1.29 is 0 Å². The number of rotatable bonds is 3. The van der Waals surface area contributed by atoms with E-state index in [1.165, 1.54) is 5.56 Å². The minimum Gasteiger partial charge on any atom is -0.143 e. The van der Waals surface area contributed by atoms with E-state index in [-0.39, 0.29) is 0 Å². The summed E-state index contributed by atoms with van der Waals surface area (Å²) in [6, 6.07) is 8.12. The van der Waals surface area contributed by atoms with Crippen LogP contribution in [0.4, 0.5) is 0 Å². The molecule has 2 heteroatoms. The lowest BCUT2D eigenvalue weighted by molar-refractivity contribution is 1.27. The quantitative estimate of drug-likeness (QED) is 0.606. The first kappa shape index (κ1) is 9.87. The van der Waals surface area contributed by atoms with Gasteiger partial charge < -0.3 is 0 Å². The third kappa shape index (κ3) is 3.46. The number of allylic oxidation sites excluding steroid dienone is 1. The highest BCUT2D eigenvalue weighted by Gasteiger charge is 1.85. The van der Waals surface area contributed by atoms with Gasteiger partial charge in [-0.1, -0.05) is 40.2 Å². The number of halogens is 1. The lowest BCUT2D eigenvalue weighted by Gasteiger charge is -1.93. The van der Waals surface area contributed by atoms with E-state index < -0.39 is 0 Å². The molecule has 0 heterocycles. The highest BCUT2D eigenvalue weighted by Crippen LogP contribution is 2.09. The molecule has 0 unspecified atom stereocenters. The summed E-state index contributed by atoms with van der Waals surface area (Å²) < 4.78 is 0. The largest absolute Gasteiger partial charge is 0.143 e. The third-order valence-electron chi connectivity index (χ3n) is 1.48. The van der Waals surface area contributed by atoms with Crippen LogP contribution in [-0.4, -0.2) is 5.33 Å². The average Bonchev–Trinajstić information content (AvgIpc) is 2.09. The fourth-order valence-electron chi connectivity index (χ4n) is 0.868. The number of alkyl halides is 1. The first-order valence-electron chi connectivity index (χ1n) is 3.84. The van der Waals surface area contributed by atoms with Crippen LogP contribution in [-0.2, 0) is 0 Å². The predicted molar refractivity (Wildman–Crippen MR) is 61.1 cm³/mol. The monoisotopic (exact) mass is 242 g/mol.